The molecule has 1 aliphatic rings. The lowest BCUT2D eigenvalue weighted by molar-refractivity contribution is -0.115. The van der Waals surface area contributed by atoms with Crippen molar-refractivity contribution in [3.63, 3.8) is 0 Å². The van der Waals surface area contributed by atoms with Crippen LogP contribution in [-0.4, -0.2) is 26.0 Å². The number of rotatable bonds is 4. The van der Waals surface area contributed by atoms with E-state index in [1.165, 1.54) is 0 Å². The van der Waals surface area contributed by atoms with Gasteiger partial charge in [-0.15, -0.1) is 0 Å². The van der Waals surface area contributed by atoms with Gasteiger partial charge in [-0.25, -0.2) is 4.99 Å². The Morgan fingerprint density at radius 1 is 1.26 bits per heavy atom. The van der Waals surface area contributed by atoms with Crippen molar-refractivity contribution in [3.05, 3.63) is 29.5 Å². The number of carbonyl (C=O) groups is 1. The van der Waals surface area contributed by atoms with Gasteiger partial charge in [0.2, 0.25) is 0 Å². The van der Waals surface area contributed by atoms with Crippen molar-refractivity contribution in [1.29, 1.82) is 0 Å². The number of amides is 1. The standard InChI is InChI=1S/C14H16N2O3/c1-4-13-15-10(14(17)16-13)7-9-5-6-11(18-2)12(8-9)19-3/h5-8H,4H2,1-3H3,(H,15,16,17)/b10-7+. The summed E-state index contributed by atoms with van der Waals surface area (Å²) in [4.78, 5) is 15.9. The summed E-state index contributed by atoms with van der Waals surface area (Å²) in [5.74, 6) is 1.79. The minimum absolute atomic E-state index is 0.174. The molecule has 0 aliphatic carbocycles. The van der Waals surface area contributed by atoms with Crippen LogP contribution >= 0.6 is 0 Å². The number of methoxy groups -OCH3 is 2. The van der Waals surface area contributed by atoms with E-state index in [0.29, 0.717) is 29.5 Å². The fraction of sp³-hybridized carbons (Fsp3) is 0.286. The first-order valence-corrected chi connectivity index (χ1v) is 6.00. The number of amidine groups is 1. The lowest BCUT2D eigenvalue weighted by Gasteiger charge is -2.07. The molecule has 2 rings (SSSR count). The number of hydrogen-bond donors (Lipinski definition) is 1. The van der Waals surface area contributed by atoms with E-state index in [9.17, 15) is 4.79 Å². The quantitative estimate of drug-likeness (QED) is 0.842. The van der Waals surface area contributed by atoms with Gasteiger partial charge in [0.15, 0.2) is 11.5 Å². The van der Waals surface area contributed by atoms with E-state index in [0.717, 1.165) is 5.56 Å². The van der Waals surface area contributed by atoms with E-state index in [1.54, 1.807) is 32.4 Å². The minimum Gasteiger partial charge on any atom is -0.493 e. The Morgan fingerprint density at radius 2 is 2.00 bits per heavy atom. The van der Waals surface area contributed by atoms with Crippen LogP contribution in [0.5, 0.6) is 11.5 Å². The molecule has 5 nitrogen and oxygen atoms in total. The molecule has 1 aromatic rings. The SMILES string of the molecule is CCC1=N/C(=C/c2ccc(OC)c(OC)c2)C(=O)N1. The first kappa shape index (κ1) is 13.1. The largest absolute Gasteiger partial charge is 0.493 e. The number of carbonyl (C=O) groups excluding carboxylic acids is 1. The summed E-state index contributed by atoms with van der Waals surface area (Å²) >= 11 is 0. The third kappa shape index (κ3) is 2.76. The van der Waals surface area contributed by atoms with Gasteiger partial charge in [-0.05, 0) is 23.8 Å². The number of benzene rings is 1. The van der Waals surface area contributed by atoms with Crippen LogP contribution < -0.4 is 14.8 Å². The van der Waals surface area contributed by atoms with Crippen LogP contribution in [0.25, 0.3) is 6.08 Å². The molecule has 0 bridgehead atoms. The summed E-state index contributed by atoms with van der Waals surface area (Å²) in [6.45, 7) is 1.94. The fourth-order valence-corrected chi connectivity index (χ4v) is 1.78. The second-order valence-corrected chi connectivity index (χ2v) is 4.01. The van der Waals surface area contributed by atoms with Gasteiger partial charge in [0.05, 0.1) is 14.2 Å². The maximum atomic E-state index is 11.7. The number of nitrogens with one attached hydrogen (secondary N) is 1. The zero-order valence-corrected chi connectivity index (χ0v) is 11.2. The van der Waals surface area contributed by atoms with Crippen LogP contribution in [0, 0.1) is 0 Å². The van der Waals surface area contributed by atoms with Crippen molar-refractivity contribution in [2.75, 3.05) is 14.2 Å². The third-order valence-corrected chi connectivity index (χ3v) is 2.79. The Balaban J connectivity index is 2.33. The molecule has 1 heterocycles. The van der Waals surface area contributed by atoms with Crippen molar-refractivity contribution in [2.45, 2.75) is 13.3 Å². The molecule has 0 saturated carbocycles. The highest BCUT2D eigenvalue weighted by Gasteiger charge is 2.18. The highest BCUT2D eigenvalue weighted by molar-refractivity contribution is 6.14. The van der Waals surface area contributed by atoms with Gasteiger partial charge in [-0.2, -0.15) is 0 Å². The molecule has 0 aromatic heterocycles. The van der Waals surface area contributed by atoms with Crippen LogP contribution in [0.15, 0.2) is 28.9 Å². The molecule has 100 valence electrons. The van der Waals surface area contributed by atoms with Crippen molar-refractivity contribution in [1.82, 2.24) is 5.32 Å². The minimum atomic E-state index is -0.174. The lowest BCUT2D eigenvalue weighted by atomic mass is 10.1. The summed E-state index contributed by atoms with van der Waals surface area (Å²) in [7, 11) is 3.16. The van der Waals surface area contributed by atoms with Gasteiger partial charge in [-0.1, -0.05) is 13.0 Å². The summed E-state index contributed by atoms with van der Waals surface area (Å²) in [6.07, 6.45) is 2.43. The Labute approximate surface area is 111 Å². The molecule has 1 N–H and O–H groups in total. The van der Waals surface area contributed by atoms with Gasteiger partial charge >= 0.3 is 0 Å². The van der Waals surface area contributed by atoms with Crippen LogP contribution in [0.1, 0.15) is 18.9 Å². The van der Waals surface area contributed by atoms with Crippen LogP contribution in [0.2, 0.25) is 0 Å². The number of hydrogen-bond acceptors (Lipinski definition) is 4. The van der Waals surface area contributed by atoms with Gasteiger partial charge in [-0.3, -0.25) is 4.79 Å². The van der Waals surface area contributed by atoms with Crippen molar-refractivity contribution in [3.8, 4) is 11.5 Å². The fourth-order valence-electron chi connectivity index (χ4n) is 1.78. The van der Waals surface area contributed by atoms with E-state index >= 15 is 0 Å². The van der Waals surface area contributed by atoms with Crippen LogP contribution in [0.4, 0.5) is 0 Å². The Bertz CT molecular complexity index is 562. The Morgan fingerprint density at radius 3 is 2.58 bits per heavy atom. The zero-order valence-electron chi connectivity index (χ0n) is 11.2. The molecule has 1 amide bonds. The van der Waals surface area contributed by atoms with Crippen molar-refractivity contribution in [2.24, 2.45) is 4.99 Å². The van der Waals surface area contributed by atoms with Gasteiger partial charge in [0.1, 0.15) is 11.5 Å². The summed E-state index contributed by atoms with van der Waals surface area (Å²) < 4.78 is 10.4. The van der Waals surface area contributed by atoms with Crippen LogP contribution in [0.3, 0.4) is 0 Å². The average Bonchev–Trinajstić information content (AvgIpc) is 2.79. The monoisotopic (exact) mass is 260 g/mol. The molecule has 0 saturated heterocycles. The Kier molecular flexibility index (Phi) is 3.85. The molecule has 1 aromatic carbocycles. The van der Waals surface area contributed by atoms with E-state index < -0.39 is 0 Å². The van der Waals surface area contributed by atoms with E-state index in [1.807, 2.05) is 13.0 Å². The molecule has 0 unspecified atom stereocenters. The van der Waals surface area contributed by atoms with Gasteiger partial charge in [0.25, 0.3) is 5.91 Å². The molecule has 0 spiro atoms. The predicted octanol–water partition coefficient (Wildman–Crippen LogP) is 1.98. The molecule has 0 radical (unpaired) electrons. The molecule has 1 aliphatic heterocycles. The summed E-state index contributed by atoms with van der Waals surface area (Å²) in [5, 5.41) is 2.71. The topological polar surface area (TPSA) is 59.9 Å². The van der Waals surface area contributed by atoms with Crippen molar-refractivity contribution < 1.29 is 14.3 Å². The first-order chi connectivity index (χ1) is 9.17. The molecule has 0 atom stereocenters. The maximum Gasteiger partial charge on any atom is 0.275 e. The highest BCUT2D eigenvalue weighted by atomic mass is 16.5. The van der Waals surface area contributed by atoms with E-state index in [2.05, 4.69) is 10.3 Å². The molecule has 0 fully saturated rings. The number of aliphatic imine (C=N–C) groups is 1. The molecule has 5 heteroatoms. The Hall–Kier alpha value is -2.30. The zero-order chi connectivity index (χ0) is 13.8. The normalized spacial score (nSPS) is 16.3. The predicted molar refractivity (Wildman–Crippen MR) is 73.4 cm³/mol. The summed E-state index contributed by atoms with van der Waals surface area (Å²) in [6, 6.07) is 5.45. The lowest BCUT2D eigenvalue weighted by Crippen LogP contribution is -2.22. The van der Waals surface area contributed by atoms with Crippen molar-refractivity contribution >= 4 is 17.8 Å². The number of ether oxygens (including phenoxy) is 2. The summed E-state index contributed by atoms with van der Waals surface area (Å²) in [5.41, 5.74) is 1.24. The second kappa shape index (κ2) is 5.56. The maximum absolute atomic E-state index is 11.7. The van der Waals surface area contributed by atoms with Gasteiger partial charge < -0.3 is 14.8 Å². The van der Waals surface area contributed by atoms with Gasteiger partial charge in [0, 0.05) is 6.42 Å². The molecule has 19 heavy (non-hydrogen) atoms. The van der Waals surface area contributed by atoms with E-state index in [-0.39, 0.29) is 5.91 Å². The second-order valence-electron chi connectivity index (χ2n) is 4.01. The molecular weight excluding hydrogens is 244 g/mol. The smallest absolute Gasteiger partial charge is 0.275 e. The van der Waals surface area contributed by atoms with E-state index in [4.69, 9.17) is 9.47 Å². The third-order valence-electron chi connectivity index (χ3n) is 2.79. The average molecular weight is 260 g/mol. The first-order valence-electron chi connectivity index (χ1n) is 6.00. The van der Waals surface area contributed by atoms with Crippen LogP contribution in [-0.2, 0) is 4.79 Å². The number of nitrogens with zero attached hydrogens (tertiary/aromatic N) is 1. The highest BCUT2D eigenvalue weighted by Crippen LogP contribution is 2.28. The molecular formula is C14H16N2O3.